The molecule has 0 aromatic heterocycles. The third-order valence-electron chi connectivity index (χ3n) is 2.47. The van der Waals surface area contributed by atoms with Gasteiger partial charge in [0, 0.05) is 0 Å². The highest BCUT2D eigenvalue weighted by atomic mass is 19.1. The lowest BCUT2D eigenvalue weighted by Crippen LogP contribution is -1.88. The monoisotopic (exact) mass is 276 g/mol. The zero-order chi connectivity index (χ0) is 15.0. The van der Waals surface area contributed by atoms with Gasteiger partial charge in [-0.2, -0.15) is 0 Å². The maximum atomic E-state index is 12.7. The molecule has 3 nitrogen and oxygen atoms in total. The predicted molar refractivity (Wildman–Crippen MR) is 75.5 cm³/mol. The second-order valence-electron chi connectivity index (χ2n) is 4.16. The molecule has 2 aromatic carbocycles. The molecule has 0 aliphatic heterocycles. The minimum absolute atomic E-state index is 0.257. The third-order valence-corrected chi connectivity index (χ3v) is 2.47. The highest BCUT2D eigenvalue weighted by Crippen LogP contribution is 2.25. The van der Waals surface area contributed by atoms with Gasteiger partial charge in [-0.15, -0.1) is 0 Å². The van der Waals surface area contributed by atoms with E-state index in [9.17, 15) is 4.39 Å². The van der Waals surface area contributed by atoms with Crippen LogP contribution in [0, 0.1) is 19.7 Å². The first kappa shape index (κ1) is 15.7. The van der Waals surface area contributed by atoms with E-state index in [4.69, 9.17) is 9.53 Å². The first-order valence-electron chi connectivity index (χ1n) is 6.04. The van der Waals surface area contributed by atoms with Crippen LogP contribution >= 0.6 is 0 Å². The molecule has 0 unspecified atom stereocenters. The summed E-state index contributed by atoms with van der Waals surface area (Å²) in [6.07, 6.45) is 0. The lowest BCUT2D eigenvalue weighted by atomic mass is 10.1. The van der Waals surface area contributed by atoms with Crippen molar-refractivity contribution in [1.29, 1.82) is 0 Å². The maximum absolute atomic E-state index is 12.7. The Morgan fingerprint density at radius 2 is 1.65 bits per heavy atom. The van der Waals surface area contributed by atoms with E-state index in [1.165, 1.54) is 24.8 Å². The average Bonchev–Trinajstić information content (AvgIpc) is 2.44. The zero-order valence-electron chi connectivity index (χ0n) is 11.7. The molecule has 0 saturated heterocycles. The Kier molecular flexibility index (Phi) is 6.23. The minimum Gasteiger partial charge on any atom is -0.471 e. The van der Waals surface area contributed by atoms with Gasteiger partial charge in [-0.1, -0.05) is 17.7 Å². The van der Waals surface area contributed by atoms with Crippen molar-refractivity contribution in [3.63, 3.8) is 0 Å². The second-order valence-corrected chi connectivity index (χ2v) is 4.16. The lowest BCUT2D eigenvalue weighted by molar-refractivity contribution is -0.126. The molecule has 0 amide bonds. The van der Waals surface area contributed by atoms with Crippen LogP contribution in [0.2, 0.25) is 0 Å². The summed E-state index contributed by atoms with van der Waals surface area (Å²) < 4.78 is 22.2. The molecule has 0 aliphatic rings. The second kappa shape index (κ2) is 7.94. The standard InChI is InChI=1S/C14H13FO.C2H4O2/c1-10-3-8-14(11(2)9-10)16-13-6-4-12(15)5-7-13;1-4-2-3/h3-9H,1-2H3;2H,1H3. The molecule has 0 atom stereocenters. The Balaban J connectivity index is 0.000000444. The van der Waals surface area contributed by atoms with Crippen LogP contribution in [0.5, 0.6) is 11.5 Å². The average molecular weight is 276 g/mol. The van der Waals surface area contributed by atoms with Gasteiger partial charge < -0.3 is 9.47 Å². The molecule has 0 aliphatic carbocycles. The van der Waals surface area contributed by atoms with E-state index < -0.39 is 0 Å². The van der Waals surface area contributed by atoms with Crippen LogP contribution in [-0.2, 0) is 9.53 Å². The van der Waals surface area contributed by atoms with Gasteiger partial charge in [0.1, 0.15) is 17.3 Å². The van der Waals surface area contributed by atoms with Crippen molar-refractivity contribution in [2.45, 2.75) is 13.8 Å². The summed E-state index contributed by atoms with van der Waals surface area (Å²) in [6.45, 7) is 4.40. The Labute approximate surface area is 118 Å². The van der Waals surface area contributed by atoms with Crippen molar-refractivity contribution in [2.24, 2.45) is 0 Å². The number of halogens is 1. The van der Waals surface area contributed by atoms with E-state index in [0.717, 1.165) is 11.3 Å². The van der Waals surface area contributed by atoms with Crippen molar-refractivity contribution in [3.05, 3.63) is 59.4 Å². The van der Waals surface area contributed by atoms with Crippen LogP contribution in [0.3, 0.4) is 0 Å². The highest BCUT2D eigenvalue weighted by Gasteiger charge is 2.01. The Bertz CT molecular complexity index is 550. The molecule has 0 saturated carbocycles. The molecule has 2 aromatic rings. The van der Waals surface area contributed by atoms with Crippen LogP contribution in [0.15, 0.2) is 42.5 Å². The van der Waals surface area contributed by atoms with Crippen LogP contribution in [-0.4, -0.2) is 13.6 Å². The Hall–Kier alpha value is -2.36. The van der Waals surface area contributed by atoms with E-state index in [1.54, 1.807) is 12.1 Å². The fraction of sp³-hybridized carbons (Fsp3) is 0.188. The molecule has 106 valence electrons. The van der Waals surface area contributed by atoms with Crippen molar-refractivity contribution in [3.8, 4) is 11.5 Å². The number of ether oxygens (including phenoxy) is 2. The van der Waals surface area contributed by atoms with Gasteiger partial charge in [0.2, 0.25) is 0 Å². The van der Waals surface area contributed by atoms with E-state index in [2.05, 4.69) is 10.8 Å². The number of hydrogen-bond donors (Lipinski definition) is 0. The topological polar surface area (TPSA) is 35.5 Å². The summed E-state index contributed by atoms with van der Waals surface area (Å²) in [5, 5.41) is 0. The van der Waals surface area contributed by atoms with Gasteiger partial charge >= 0.3 is 0 Å². The van der Waals surface area contributed by atoms with Gasteiger partial charge in [-0.3, -0.25) is 4.79 Å². The van der Waals surface area contributed by atoms with Gasteiger partial charge in [-0.05, 0) is 49.7 Å². The minimum atomic E-state index is -0.257. The van der Waals surface area contributed by atoms with Crippen LogP contribution in [0.4, 0.5) is 4.39 Å². The number of methoxy groups -OCH3 is 1. The van der Waals surface area contributed by atoms with Crippen molar-refractivity contribution in [1.82, 2.24) is 0 Å². The molecule has 0 spiro atoms. The Morgan fingerprint density at radius 3 is 2.15 bits per heavy atom. The van der Waals surface area contributed by atoms with Gasteiger partial charge in [0.05, 0.1) is 7.11 Å². The first-order valence-corrected chi connectivity index (χ1v) is 6.04. The third kappa shape index (κ3) is 5.10. The fourth-order valence-corrected chi connectivity index (χ4v) is 1.54. The van der Waals surface area contributed by atoms with Gasteiger partial charge in [-0.25, -0.2) is 4.39 Å². The summed E-state index contributed by atoms with van der Waals surface area (Å²) in [5.74, 6) is 1.19. The number of hydrogen-bond acceptors (Lipinski definition) is 3. The smallest absolute Gasteiger partial charge is 0.292 e. The number of carbonyl (C=O) groups excluding carboxylic acids is 1. The molecule has 0 radical (unpaired) electrons. The molecule has 0 bridgehead atoms. The molecular weight excluding hydrogens is 259 g/mol. The van der Waals surface area contributed by atoms with Crippen LogP contribution < -0.4 is 4.74 Å². The molecule has 2 rings (SSSR count). The number of rotatable bonds is 3. The van der Waals surface area contributed by atoms with E-state index in [1.807, 2.05) is 26.0 Å². The van der Waals surface area contributed by atoms with E-state index in [0.29, 0.717) is 12.2 Å². The first-order chi connectivity index (χ1) is 9.56. The van der Waals surface area contributed by atoms with Crippen molar-refractivity contribution in [2.75, 3.05) is 7.11 Å². The van der Waals surface area contributed by atoms with Gasteiger partial charge in [0.25, 0.3) is 6.47 Å². The highest BCUT2D eigenvalue weighted by molar-refractivity contribution is 5.39. The SMILES string of the molecule is COC=O.Cc1ccc(Oc2ccc(F)cc2)c(C)c1. The summed E-state index contributed by atoms with van der Waals surface area (Å²) in [6, 6.07) is 12.0. The van der Waals surface area contributed by atoms with Crippen LogP contribution in [0.25, 0.3) is 0 Å². The maximum Gasteiger partial charge on any atom is 0.292 e. The molecule has 0 fully saturated rings. The molecule has 0 N–H and O–H groups in total. The Morgan fingerprint density at radius 1 is 1.05 bits per heavy atom. The lowest BCUT2D eigenvalue weighted by Gasteiger charge is -2.09. The molecule has 20 heavy (non-hydrogen) atoms. The summed E-state index contributed by atoms with van der Waals surface area (Å²) in [7, 11) is 1.31. The van der Waals surface area contributed by atoms with Gasteiger partial charge in [0.15, 0.2) is 0 Å². The van der Waals surface area contributed by atoms with Crippen molar-refractivity contribution >= 4 is 6.47 Å². The van der Waals surface area contributed by atoms with Crippen LogP contribution in [0.1, 0.15) is 11.1 Å². The fourth-order valence-electron chi connectivity index (χ4n) is 1.54. The molecule has 4 heteroatoms. The summed E-state index contributed by atoms with van der Waals surface area (Å²) in [5.41, 5.74) is 2.27. The summed E-state index contributed by atoms with van der Waals surface area (Å²) >= 11 is 0. The molecule has 0 heterocycles. The largest absolute Gasteiger partial charge is 0.471 e. The number of benzene rings is 2. The zero-order valence-corrected chi connectivity index (χ0v) is 11.7. The number of carbonyl (C=O) groups is 1. The normalized spacial score (nSPS) is 9.20. The summed E-state index contributed by atoms with van der Waals surface area (Å²) in [4.78, 5) is 8.95. The molecular formula is C16H17FO3. The quantitative estimate of drug-likeness (QED) is 0.794. The van der Waals surface area contributed by atoms with E-state index in [-0.39, 0.29) is 5.82 Å². The van der Waals surface area contributed by atoms with E-state index >= 15 is 0 Å². The predicted octanol–water partition coefficient (Wildman–Crippen LogP) is 4.02. The number of aryl methyl sites for hydroxylation is 2. The van der Waals surface area contributed by atoms with Crippen molar-refractivity contribution < 1.29 is 18.7 Å².